The average molecular weight is 227 g/mol. The molecule has 17 heavy (non-hydrogen) atoms. The monoisotopic (exact) mass is 227 g/mol. The number of rotatable bonds is 3. The Morgan fingerprint density at radius 2 is 1.76 bits per heavy atom. The lowest BCUT2D eigenvalue weighted by atomic mass is 10.1. The van der Waals surface area contributed by atoms with Crippen molar-refractivity contribution in [3.63, 3.8) is 0 Å². The van der Waals surface area contributed by atoms with Gasteiger partial charge in [-0.25, -0.2) is 9.97 Å². The Bertz CT molecular complexity index is 503. The van der Waals surface area contributed by atoms with E-state index in [1.54, 1.807) is 0 Å². The summed E-state index contributed by atoms with van der Waals surface area (Å²) in [6.45, 7) is 6.94. The van der Waals surface area contributed by atoms with Gasteiger partial charge in [-0.2, -0.15) is 0 Å². The van der Waals surface area contributed by atoms with Crippen LogP contribution in [0.2, 0.25) is 0 Å². The summed E-state index contributed by atoms with van der Waals surface area (Å²) < 4.78 is 0. The van der Waals surface area contributed by atoms with Crippen molar-refractivity contribution in [2.75, 3.05) is 11.9 Å². The van der Waals surface area contributed by atoms with Gasteiger partial charge in [0.2, 0.25) is 5.95 Å². The van der Waals surface area contributed by atoms with E-state index < -0.39 is 0 Å². The fourth-order valence-electron chi connectivity index (χ4n) is 1.68. The molecule has 88 valence electrons. The first-order valence-corrected chi connectivity index (χ1v) is 5.85. The molecule has 0 fully saturated rings. The van der Waals surface area contributed by atoms with Crippen molar-refractivity contribution in [1.29, 1.82) is 0 Å². The Morgan fingerprint density at radius 3 is 2.41 bits per heavy atom. The minimum absolute atomic E-state index is 0.697. The van der Waals surface area contributed by atoms with Crippen LogP contribution < -0.4 is 5.32 Å². The Morgan fingerprint density at radius 1 is 1.06 bits per heavy atom. The number of benzene rings is 1. The van der Waals surface area contributed by atoms with Gasteiger partial charge in [-0.1, -0.05) is 29.8 Å². The molecule has 2 aromatic rings. The average Bonchev–Trinajstić information content (AvgIpc) is 2.29. The van der Waals surface area contributed by atoms with Gasteiger partial charge in [0.05, 0.1) is 5.69 Å². The molecule has 3 nitrogen and oxygen atoms in total. The van der Waals surface area contributed by atoms with E-state index in [1.807, 2.05) is 19.9 Å². The van der Waals surface area contributed by atoms with Gasteiger partial charge in [0.25, 0.3) is 0 Å². The molecule has 0 radical (unpaired) electrons. The number of aromatic nitrogens is 2. The second-order valence-electron chi connectivity index (χ2n) is 4.11. The molecule has 0 aliphatic carbocycles. The summed E-state index contributed by atoms with van der Waals surface area (Å²) in [6, 6.07) is 10.4. The molecule has 0 atom stereocenters. The molecule has 0 amide bonds. The summed E-state index contributed by atoms with van der Waals surface area (Å²) in [4.78, 5) is 8.85. The predicted octanol–water partition coefficient (Wildman–Crippen LogP) is 3.19. The smallest absolute Gasteiger partial charge is 0.223 e. The molecule has 1 heterocycles. The van der Waals surface area contributed by atoms with Gasteiger partial charge < -0.3 is 5.32 Å². The van der Waals surface area contributed by atoms with Crippen molar-refractivity contribution in [2.24, 2.45) is 0 Å². The molecular weight excluding hydrogens is 210 g/mol. The van der Waals surface area contributed by atoms with Gasteiger partial charge in [-0.05, 0) is 26.8 Å². The minimum atomic E-state index is 0.697. The zero-order valence-corrected chi connectivity index (χ0v) is 10.5. The van der Waals surface area contributed by atoms with Crippen LogP contribution >= 0.6 is 0 Å². The van der Waals surface area contributed by atoms with Gasteiger partial charge in [-0.3, -0.25) is 0 Å². The van der Waals surface area contributed by atoms with Crippen LogP contribution in [-0.2, 0) is 0 Å². The Hall–Kier alpha value is -1.90. The van der Waals surface area contributed by atoms with Crippen molar-refractivity contribution in [3.8, 4) is 11.3 Å². The molecule has 0 saturated heterocycles. The van der Waals surface area contributed by atoms with E-state index in [1.165, 1.54) is 5.56 Å². The van der Waals surface area contributed by atoms with E-state index in [-0.39, 0.29) is 0 Å². The third-order valence-corrected chi connectivity index (χ3v) is 2.54. The summed E-state index contributed by atoms with van der Waals surface area (Å²) in [6.07, 6.45) is 0. The molecule has 0 aliphatic heterocycles. The van der Waals surface area contributed by atoms with Crippen LogP contribution in [0, 0.1) is 13.8 Å². The molecule has 0 spiro atoms. The van der Waals surface area contributed by atoms with Crippen molar-refractivity contribution in [1.82, 2.24) is 9.97 Å². The zero-order valence-electron chi connectivity index (χ0n) is 10.5. The van der Waals surface area contributed by atoms with E-state index in [4.69, 9.17) is 0 Å². The third kappa shape index (κ3) is 2.81. The highest BCUT2D eigenvalue weighted by Gasteiger charge is 2.03. The van der Waals surface area contributed by atoms with E-state index in [9.17, 15) is 0 Å². The summed E-state index contributed by atoms with van der Waals surface area (Å²) >= 11 is 0. The van der Waals surface area contributed by atoms with E-state index in [2.05, 4.69) is 46.5 Å². The van der Waals surface area contributed by atoms with Crippen LogP contribution in [0.5, 0.6) is 0 Å². The largest absolute Gasteiger partial charge is 0.354 e. The van der Waals surface area contributed by atoms with Crippen molar-refractivity contribution in [3.05, 3.63) is 41.6 Å². The van der Waals surface area contributed by atoms with Gasteiger partial charge in [0, 0.05) is 17.8 Å². The van der Waals surface area contributed by atoms with Crippen LogP contribution in [0.4, 0.5) is 5.95 Å². The highest BCUT2D eigenvalue weighted by molar-refractivity contribution is 5.61. The molecule has 1 aromatic heterocycles. The second-order valence-corrected chi connectivity index (χ2v) is 4.11. The molecular formula is C14H17N3. The Kier molecular flexibility index (Phi) is 3.38. The Balaban J connectivity index is 2.40. The van der Waals surface area contributed by atoms with Crippen LogP contribution in [0.1, 0.15) is 18.2 Å². The second kappa shape index (κ2) is 4.95. The third-order valence-electron chi connectivity index (χ3n) is 2.54. The maximum absolute atomic E-state index is 4.50. The molecule has 1 N–H and O–H groups in total. The summed E-state index contributed by atoms with van der Waals surface area (Å²) in [7, 11) is 0. The minimum Gasteiger partial charge on any atom is -0.354 e. The number of anilines is 1. The lowest BCUT2D eigenvalue weighted by molar-refractivity contribution is 1.05. The van der Waals surface area contributed by atoms with Crippen LogP contribution in [0.15, 0.2) is 30.3 Å². The number of aryl methyl sites for hydroxylation is 2. The molecule has 0 bridgehead atoms. The predicted molar refractivity (Wildman–Crippen MR) is 71.1 cm³/mol. The highest BCUT2D eigenvalue weighted by Crippen LogP contribution is 2.19. The van der Waals surface area contributed by atoms with Crippen molar-refractivity contribution in [2.45, 2.75) is 20.8 Å². The Labute approximate surface area is 102 Å². The molecule has 0 aliphatic rings. The van der Waals surface area contributed by atoms with Gasteiger partial charge in [-0.15, -0.1) is 0 Å². The number of nitrogens with one attached hydrogen (secondary N) is 1. The summed E-state index contributed by atoms with van der Waals surface area (Å²) in [5, 5.41) is 3.15. The topological polar surface area (TPSA) is 37.8 Å². The lowest BCUT2D eigenvalue weighted by Gasteiger charge is -2.07. The maximum Gasteiger partial charge on any atom is 0.223 e. The highest BCUT2D eigenvalue weighted by atomic mass is 15.1. The summed E-state index contributed by atoms with van der Waals surface area (Å²) in [5.74, 6) is 0.697. The van der Waals surface area contributed by atoms with Crippen LogP contribution in [0.3, 0.4) is 0 Å². The van der Waals surface area contributed by atoms with E-state index in [0.29, 0.717) is 5.95 Å². The molecule has 2 rings (SSSR count). The lowest BCUT2D eigenvalue weighted by Crippen LogP contribution is -2.03. The van der Waals surface area contributed by atoms with Crippen LogP contribution in [0.25, 0.3) is 11.3 Å². The van der Waals surface area contributed by atoms with Crippen molar-refractivity contribution < 1.29 is 0 Å². The first-order chi connectivity index (χ1) is 8.19. The first kappa shape index (κ1) is 11.6. The molecule has 0 unspecified atom stereocenters. The molecule has 0 saturated carbocycles. The number of nitrogens with zero attached hydrogens (tertiary/aromatic N) is 2. The van der Waals surface area contributed by atoms with E-state index in [0.717, 1.165) is 23.5 Å². The number of hydrogen-bond donors (Lipinski definition) is 1. The fraction of sp³-hybridized carbons (Fsp3) is 0.286. The maximum atomic E-state index is 4.50. The summed E-state index contributed by atoms with van der Waals surface area (Å²) in [5.41, 5.74) is 4.33. The first-order valence-electron chi connectivity index (χ1n) is 5.85. The van der Waals surface area contributed by atoms with Crippen LogP contribution in [-0.4, -0.2) is 16.5 Å². The van der Waals surface area contributed by atoms with Gasteiger partial charge in [0.15, 0.2) is 0 Å². The number of hydrogen-bond acceptors (Lipinski definition) is 3. The molecule has 3 heteroatoms. The zero-order chi connectivity index (χ0) is 12.3. The molecule has 1 aromatic carbocycles. The SMILES string of the molecule is CCNc1nc(C)cc(-c2ccc(C)cc2)n1. The fourth-order valence-corrected chi connectivity index (χ4v) is 1.68. The van der Waals surface area contributed by atoms with Gasteiger partial charge >= 0.3 is 0 Å². The normalized spacial score (nSPS) is 10.3. The van der Waals surface area contributed by atoms with Gasteiger partial charge in [0.1, 0.15) is 0 Å². The van der Waals surface area contributed by atoms with Crippen molar-refractivity contribution >= 4 is 5.95 Å². The quantitative estimate of drug-likeness (QED) is 0.875. The standard InChI is InChI=1S/C14H17N3/c1-4-15-14-16-11(3)9-13(17-14)12-7-5-10(2)6-8-12/h5-9H,4H2,1-3H3,(H,15,16,17). The van der Waals surface area contributed by atoms with E-state index >= 15 is 0 Å².